The number of benzene rings is 3. The third-order valence-corrected chi connectivity index (χ3v) is 5.95. The van der Waals surface area contributed by atoms with Crippen molar-refractivity contribution in [3.05, 3.63) is 114 Å². The Labute approximate surface area is 223 Å². The number of carbonyl (C=O) groups is 2. The highest BCUT2D eigenvalue weighted by Crippen LogP contribution is 2.41. The van der Waals surface area contributed by atoms with E-state index in [0.29, 0.717) is 11.5 Å². The van der Waals surface area contributed by atoms with Crippen LogP contribution in [-0.4, -0.2) is 33.9 Å². The number of hydrogen-bond acceptors (Lipinski definition) is 5. The molecular weight excluding hydrogens is 478 g/mol. The van der Waals surface area contributed by atoms with Gasteiger partial charge in [0.2, 0.25) is 0 Å². The van der Waals surface area contributed by atoms with Gasteiger partial charge < -0.3 is 20.7 Å². The molecule has 3 N–H and O–H groups in total. The number of nitrogens with zero attached hydrogens (tertiary/aromatic N) is 2. The van der Waals surface area contributed by atoms with Crippen LogP contribution in [0.5, 0.6) is 0 Å². The second kappa shape index (κ2) is 11.2. The van der Waals surface area contributed by atoms with Crippen LogP contribution >= 0.6 is 0 Å². The third-order valence-electron chi connectivity index (χ3n) is 5.95. The summed E-state index contributed by atoms with van der Waals surface area (Å²) >= 11 is 0. The summed E-state index contributed by atoms with van der Waals surface area (Å²) in [6.45, 7) is 5.07. The number of nitrogens with one attached hydrogen (secondary N) is 3. The molecule has 196 valence electrons. The van der Waals surface area contributed by atoms with Gasteiger partial charge in [0.1, 0.15) is 17.0 Å². The topological polar surface area (TPSA) is 97.3 Å². The average molecular weight is 512 g/mol. The number of amides is 2. The monoisotopic (exact) mass is 511 g/mol. The van der Waals surface area contributed by atoms with Gasteiger partial charge in [0.15, 0.2) is 6.61 Å². The van der Waals surface area contributed by atoms with E-state index in [1.54, 1.807) is 17.9 Å². The molecule has 4 aromatic rings. The van der Waals surface area contributed by atoms with Crippen LogP contribution in [-0.2, 0) is 22.1 Å². The van der Waals surface area contributed by atoms with Gasteiger partial charge >= 0.3 is 6.09 Å². The first kappa shape index (κ1) is 26.5. The minimum absolute atomic E-state index is 0.433. The molecule has 1 heterocycles. The minimum Gasteiger partial charge on any atom is -0.439 e. The molecule has 1 aromatic heterocycles. The van der Waals surface area contributed by atoms with Crippen molar-refractivity contribution in [2.45, 2.75) is 31.8 Å². The zero-order valence-electron chi connectivity index (χ0n) is 22.1. The van der Waals surface area contributed by atoms with Crippen LogP contribution in [0.25, 0.3) is 0 Å². The summed E-state index contributed by atoms with van der Waals surface area (Å²) < 4.78 is 6.77. The molecule has 0 aliphatic carbocycles. The van der Waals surface area contributed by atoms with Crippen LogP contribution < -0.4 is 16.0 Å². The number of aromatic nitrogens is 2. The molecule has 4 rings (SSSR count). The zero-order chi connectivity index (χ0) is 27.2. The number of rotatable bonds is 8. The van der Waals surface area contributed by atoms with E-state index in [9.17, 15) is 9.59 Å². The Morgan fingerprint density at radius 2 is 1.29 bits per heavy atom. The molecular formula is C30H33N5O3. The molecule has 0 atom stereocenters. The summed E-state index contributed by atoms with van der Waals surface area (Å²) in [5.41, 5.74) is 2.22. The molecule has 0 aliphatic rings. The smallest absolute Gasteiger partial charge is 0.408 e. The first-order valence-electron chi connectivity index (χ1n) is 12.4. The van der Waals surface area contributed by atoms with Crippen molar-refractivity contribution in [3.63, 3.8) is 0 Å². The third kappa shape index (κ3) is 6.03. The van der Waals surface area contributed by atoms with Crippen molar-refractivity contribution in [1.29, 1.82) is 0 Å². The molecule has 0 bridgehead atoms. The largest absolute Gasteiger partial charge is 0.439 e. The molecule has 0 spiro atoms. The van der Waals surface area contributed by atoms with Gasteiger partial charge in [-0.1, -0.05) is 91.0 Å². The van der Waals surface area contributed by atoms with Gasteiger partial charge in [0, 0.05) is 12.6 Å². The molecule has 38 heavy (non-hydrogen) atoms. The number of alkyl carbamates (subject to hydrolysis) is 1. The van der Waals surface area contributed by atoms with Crippen LogP contribution in [0.2, 0.25) is 0 Å². The second-order valence-corrected chi connectivity index (χ2v) is 10.0. The normalized spacial score (nSPS) is 11.5. The summed E-state index contributed by atoms with van der Waals surface area (Å²) in [5, 5.41) is 13.6. The number of carbonyl (C=O) groups excluding carboxylic acids is 2. The van der Waals surface area contributed by atoms with Gasteiger partial charge in [0.25, 0.3) is 5.91 Å². The van der Waals surface area contributed by atoms with Crippen molar-refractivity contribution in [3.8, 4) is 0 Å². The maximum atomic E-state index is 12.7. The van der Waals surface area contributed by atoms with Crippen molar-refractivity contribution < 1.29 is 14.3 Å². The Kier molecular flexibility index (Phi) is 7.81. The van der Waals surface area contributed by atoms with E-state index in [1.807, 2.05) is 75.4 Å². The Bertz CT molecular complexity index is 1270. The molecule has 0 saturated carbocycles. The highest BCUT2D eigenvalue weighted by molar-refractivity contribution is 5.95. The first-order chi connectivity index (χ1) is 18.2. The highest BCUT2D eigenvalue weighted by atomic mass is 16.6. The van der Waals surface area contributed by atoms with E-state index in [2.05, 4.69) is 57.4 Å². The van der Waals surface area contributed by atoms with E-state index in [4.69, 9.17) is 4.74 Å². The molecule has 0 aliphatic heterocycles. The van der Waals surface area contributed by atoms with Gasteiger partial charge in [-0.15, -0.1) is 0 Å². The standard InChI is InChI=1S/C30H33N5O3/c1-29(2,3)34-28(37)38-21-26(36)32-25-20-31-35(4)27(25)33-30(22-14-8-5-9-15-22,23-16-10-6-11-17-23)24-18-12-7-13-19-24/h5-20,33H,21H2,1-4H3,(H,32,36)(H,34,37). The molecule has 0 saturated heterocycles. The minimum atomic E-state index is -0.805. The Hall–Kier alpha value is -4.59. The van der Waals surface area contributed by atoms with Gasteiger partial charge in [-0.25, -0.2) is 4.79 Å². The lowest BCUT2D eigenvalue weighted by Crippen LogP contribution is -2.41. The van der Waals surface area contributed by atoms with Gasteiger partial charge in [0.05, 0.1) is 6.20 Å². The predicted molar refractivity (Wildman–Crippen MR) is 149 cm³/mol. The molecule has 8 nitrogen and oxygen atoms in total. The number of aryl methyl sites for hydroxylation is 1. The molecule has 2 amide bonds. The van der Waals surface area contributed by atoms with E-state index in [1.165, 1.54) is 0 Å². The van der Waals surface area contributed by atoms with Crippen LogP contribution in [0, 0.1) is 0 Å². The van der Waals surface area contributed by atoms with Gasteiger partial charge in [-0.2, -0.15) is 5.10 Å². The van der Waals surface area contributed by atoms with E-state index >= 15 is 0 Å². The lowest BCUT2D eigenvalue weighted by Gasteiger charge is -2.38. The Morgan fingerprint density at radius 1 is 0.816 bits per heavy atom. The maximum Gasteiger partial charge on any atom is 0.408 e. The zero-order valence-corrected chi connectivity index (χ0v) is 22.1. The second-order valence-electron chi connectivity index (χ2n) is 10.0. The molecule has 0 fully saturated rings. The number of hydrogen-bond donors (Lipinski definition) is 3. The lowest BCUT2D eigenvalue weighted by atomic mass is 9.77. The first-order valence-corrected chi connectivity index (χ1v) is 12.4. The van der Waals surface area contributed by atoms with E-state index in [-0.39, 0.29) is 0 Å². The number of anilines is 2. The van der Waals surface area contributed by atoms with Crippen molar-refractivity contribution in [2.24, 2.45) is 7.05 Å². The highest BCUT2D eigenvalue weighted by Gasteiger charge is 2.37. The summed E-state index contributed by atoms with van der Waals surface area (Å²) in [4.78, 5) is 24.7. The van der Waals surface area contributed by atoms with Crippen molar-refractivity contribution in [1.82, 2.24) is 15.1 Å². The van der Waals surface area contributed by atoms with E-state index < -0.39 is 29.7 Å². The Balaban J connectivity index is 1.71. The summed E-state index contributed by atoms with van der Waals surface area (Å²) in [6.07, 6.45) is 0.912. The molecule has 0 radical (unpaired) electrons. The Morgan fingerprint density at radius 3 is 1.74 bits per heavy atom. The lowest BCUT2D eigenvalue weighted by molar-refractivity contribution is -0.119. The molecule has 3 aromatic carbocycles. The quantitative estimate of drug-likeness (QED) is 0.280. The van der Waals surface area contributed by atoms with Crippen molar-refractivity contribution in [2.75, 3.05) is 17.2 Å². The summed E-state index contributed by atoms with van der Waals surface area (Å²) in [6, 6.07) is 30.4. The summed E-state index contributed by atoms with van der Waals surface area (Å²) in [5.74, 6) is 0.115. The average Bonchev–Trinajstić information content (AvgIpc) is 3.24. The predicted octanol–water partition coefficient (Wildman–Crippen LogP) is 5.29. The van der Waals surface area contributed by atoms with E-state index in [0.717, 1.165) is 16.7 Å². The van der Waals surface area contributed by atoms with Crippen molar-refractivity contribution >= 4 is 23.5 Å². The molecule has 8 heteroatoms. The van der Waals surface area contributed by atoms with Crippen LogP contribution in [0.3, 0.4) is 0 Å². The maximum absolute atomic E-state index is 12.7. The van der Waals surface area contributed by atoms with Gasteiger partial charge in [-0.3, -0.25) is 9.48 Å². The fourth-order valence-electron chi connectivity index (χ4n) is 4.30. The summed E-state index contributed by atoms with van der Waals surface area (Å²) in [7, 11) is 1.80. The number of ether oxygens (including phenoxy) is 1. The SMILES string of the molecule is Cn1ncc(NC(=O)COC(=O)NC(C)(C)C)c1NC(c1ccccc1)(c1ccccc1)c1ccccc1. The fraction of sp³-hybridized carbons (Fsp3) is 0.233. The van der Waals surface area contributed by atoms with Crippen LogP contribution in [0.15, 0.2) is 97.2 Å². The van der Waals surface area contributed by atoms with Crippen LogP contribution in [0.1, 0.15) is 37.5 Å². The van der Waals surface area contributed by atoms with Crippen LogP contribution in [0.4, 0.5) is 16.3 Å². The molecule has 0 unspecified atom stereocenters. The fourth-order valence-corrected chi connectivity index (χ4v) is 4.30. The van der Waals surface area contributed by atoms with Gasteiger partial charge in [-0.05, 0) is 37.5 Å².